The predicted molar refractivity (Wildman–Crippen MR) is 109 cm³/mol. The van der Waals surface area contributed by atoms with Gasteiger partial charge in [-0.1, -0.05) is 55.6 Å². The Labute approximate surface area is 163 Å². The van der Waals surface area contributed by atoms with Crippen molar-refractivity contribution in [2.24, 2.45) is 0 Å². The van der Waals surface area contributed by atoms with Gasteiger partial charge in [-0.3, -0.25) is 0 Å². The molecule has 0 aliphatic rings. The van der Waals surface area contributed by atoms with E-state index in [2.05, 4.69) is 13.2 Å². The van der Waals surface area contributed by atoms with Crippen molar-refractivity contribution in [3.05, 3.63) is 97.9 Å². The van der Waals surface area contributed by atoms with Crippen LogP contribution in [0.4, 0.5) is 4.39 Å². The maximum Gasteiger partial charge on any atom is 0.335 e. The number of hydrogen-bond donors (Lipinski definition) is 0. The van der Waals surface area contributed by atoms with Gasteiger partial charge in [0.2, 0.25) is 0 Å². The first-order valence-corrected chi connectivity index (χ1v) is 8.69. The van der Waals surface area contributed by atoms with Crippen LogP contribution in [0.5, 0.6) is 11.5 Å². The zero-order valence-corrected chi connectivity index (χ0v) is 15.2. The lowest BCUT2D eigenvalue weighted by Crippen LogP contribution is -2.02. The quantitative estimate of drug-likeness (QED) is 0.226. The number of rotatable bonds is 7. The number of halogens is 1. The molecule has 3 aromatic carbocycles. The molecule has 0 N–H and O–H groups in total. The molecule has 0 heterocycles. The number of benzene rings is 3. The number of carbonyl (C=O) groups is 1. The van der Waals surface area contributed by atoms with E-state index in [1.807, 2.05) is 18.2 Å². The Morgan fingerprint density at radius 3 is 2.07 bits per heavy atom. The molecule has 3 aromatic rings. The smallest absolute Gasteiger partial charge is 0.335 e. The summed E-state index contributed by atoms with van der Waals surface area (Å²) in [5, 5.41) is 0. The van der Waals surface area contributed by atoms with Crippen LogP contribution in [0.25, 0.3) is 22.3 Å². The lowest BCUT2D eigenvalue weighted by atomic mass is 9.99. The molecular weight excluding hydrogens is 355 g/mol. The Kier molecular flexibility index (Phi) is 6.02. The minimum Gasteiger partial charge on any atom is -0.490 e. The van der Waals surface area contributed by atoms with Gasteiger partial charge in [0.15, 0.2) is 0 Å². The predicted octanol–water partition coefficient (Wildman–Crippen LogP) is 5.82. The highest BCUT2D eigenvalue weighted by atomic mass is 19.1. The highest BCUT2D eigenvalue weighted by Gasteiger charge is 2.08. The summed E-state index contributed by atoms with van der Waals surface area (Å²) >= 11 is 0. The first-order valence-electron chi connectivity index (χ1n) is 8.69. The van der Waals surface area contributed by atoms with Gasteiger partial charge >= 0.3 is 5.97 Å². The lowest BCUT2D eigenvalue weighted by Gasteiger charge is -2.09. The van der Waals surface area contributed by atoms with Crippen molar-refractivity contribution >= 4 is 5.97 Å². The molecule has 4 heteroatoms. The summed E-state index contributed by atoms with van der Waals surface area (Å²) in [6.45, 7) is 7.39. The van der Waals surface area contributed by atoms with Gasteiger partial charge in [-0.2, -0.15) is 0 Å². The first-order chi connectivity index (χ1) is 13.6. The van der Waals surface area contributed by atoms with Gasteiger partial charge in [-0.25, -0.2) is 9.18 Å². The summed E-state index contributed by atoms with van der Waals surface area (Å²) in [6, 6.07) is 19.2. The molecule has 0 amide bonds. The van der Waals surface area contributed by atoms with Gasteiger partial charge in [0.25, 0.3) is 0 Å². The third kappa shape index (κ3) is 4.54. The second-order valence-corrected chi connectivity index (χ2v) is 5.97. The Morgan fingerprint density at radius 1 is 0.857 bits per heavy atom. The molecule has 28 heavy (non-hydrogen) atoms. The normalized spacial score (nSPS) is 10.2. The molecule has 3 nitrogen and oxygen atoms in total. The van der Waals surface area contributed by atoms with Crippen molar-refractivity contribution in [1.82, 2.24) is 0 Å². The highest BCUT2D eigenvalue weighted by molar-refractivity contribution is 5.83. The second-order valence-electron chi connectivity index (χ2n) is 5.97. The van der Waals surface area contributed by atoms with Gasteiger partial charge in [-0.05, 0) is 47.0 Å². The fourth-order valence-corrected chi connectivity index (χ4v) is 2.69. The highest BCUT2D eigenvalue weighted by Crippen LogP contribution is 2.30. The van der Waals surface area contributed by atoms with Gasteiger partial charge in [0, 0.05) is 11.6 Å². The molecule has 0 atom stereocenters. The standard InChI is InChI=1S/C24H19FO3/c1-3-15-27-20-10-7-18(8-11-20)22-14-9-19(16-23(22)25)17-5-12-21(13-6-17)28-24(26)4-2/h3-14,16H,1-2,15H2. The maximum atomic E-state index is 14.7. The number of hydrogen-bond acceptors (Lipinski definition) is 3. The summed E-state index contributed by atoms with van der Waals surface area (Å²) < 4.78 is 25.2. The van der Waals surface area contributed by atoms with Crippen LogP contribution in [0.3, 0.4) is 0 Å². The molecule has 3 rings (SSSR count). The maximum absolute atomic E-state index is 14.7. The van der Waals surface area contributed by atoms with E-state index < -0.39 is 5.97 Å². The van der Waals surface area contributed by atoms with Crippen molar-refractivity contribution in [2.75, 3.05) is 6.61 Å². The topological polar surface area (TPSA) is 35.5 Å². The second kappa shape index (κ2) is 8.82. The fourth-order valence-electron chi connectivity index (χ4n) is 2.69. The van der Waals surface area contributed by atoms with Gasteiger partial charge in [0.1, 0.15) is 23.9 Å². The molecule has 0 bridgehead atoms. The largest absolute Gasteiger partial charge is 0.490 e. The summed E-state index contributed by atoms with van der Waals surface area (Å²) in [5.74, 6) is 0.269. The number of ether oxygens (including phenoxy) is 2. The van der Waals surface area contributed by atoms with Crippen LogP contribution in [-0.2, 0) is 4.79 Å². The van der Waals surface area contributed by atoms with E-state index in [0.717, 1.165) is 22.8 Å². The summed E-state index contributed by atoms with van der Waals surface area (Å²) in [4.78, 5) is 11.2. The SMILES string of the molecule is C=CCOc1ccc(-c2ccc(-c3ccc(OC(=O)C=C)cc3)cc2F)cc1. The minimum absolute atomic E-state index is 0.320. The molecule has 0 saturated carbocycles. The minimum atomic E-state index is -0.524. The Bertz CT molecular complexity index is 989. The molecule has 0 fully saturated rings. The van der Waals surface area contributed by atoms with Crippen LogP contribution in [0, 0.1) is 5.82 Å². The van der Waals surface area contributed by atoms with E-state index in [1.54, 1.807) is 48.5 Å². The van der Waals surface area contributed by atoms with Crippen LogP contribution >= 0.6 is 0 Å². The molecular formula is C24H19FO3. The first kappa shape index (κ1) is 19.1. The lowest BCUT2D eigenvalue weighted by molar-refractivity contribution is -0.128. The average molecular weight is 374 g/mol. The van der Waals surface area contributed by atoms with Crippen LogP contribution in [0.15, 0.2) is 92.0 Å². The third-order valence-corrected chi connectivity index (χ3v) is 4.08. The van der Waals surface area contributed by atoms with E-state index in [-0.39, 0.29) is 5.82 Å². The van der Waals surface area contributed by atoms with E-state index in [9.17, 15) is 9.18 Å². The van der Waals surface area contributed by atoms with Gasteiger partial charge in [0.05, 0.1) is 0 Å². The monoisotopic (exact) mass is 374 g/mol. The van der Waals surface area contributed by atoms with Crippen molar-refractivity contribution in [3.8, 4) is 33.8 Å². The van der Waals surface area contributed by atoms with Crippen molar-refractivity contribution in [1.29, 1.82) is 0 Å². The van der Waals surface area contributed by atoms with Crippen molar-refractivity contribution in [2.45, 2.75) is 0 Å². The Balaban J connectivity index is 1.79. The van der Waals surface area contributed by atoms with Crippen molar-refractivity contribution < 1.29 is 18.7 Å². The van der Waals surface area contributed by atoms with E-state index in [0.29, 0.717) is 23.7 Å². The molecule has 0 unspecified atom stereocenters. The Hall–Kier alpha value is -3.66. The number of esters is 1. The Morgan fingerprint density at radius 2 is 1.46 bits per heavy atom. The molecule has 0 aliphatic carbocycles. The van der Waals surface area contributed by atoms with E-state index in [4.69, 9.17) is 9.47 Å². The summed E-state index contributed by atoms with van der Waals surface area (Å²) in [7, 11) is 0. The van der Waals surface area contributed by atoms with Gasteiger partial charge in [-0.15, -0.1) is 0 Å². The molecule has 0 aromatic heterocycles. The van der Waals surface area contributed by atoms with Crippen LogP contribution in [0.2, 0.25) is 0 Å². The third-order valence-electron chi connectivity index (χ3n) is 4.08. The zero-order valence-electron chi connectivity index (χ0n) is 15.2. The molecule has 140 valence electrons. The summed E-state index contributed by atoms with van der Waals surface area (Å²) in [5.41, 5.74) is 2.82. The number of carbonyl (C=O) groups excluding carboxylic acids is 1. The average Bonchev–Trinajstić information content (AvgIpc) is 2.73. The zero-order chi connectivity index (χ0) is 19.9. The molecule has 0 aliphatic heterocycles. The van der Waals surface area contributed by atoms with Crippen LogP contribution < -0.4 is 9.47 Å². The molecule has 0 radical (unpaired) electrons. The van der Waals surface area contributed by atoms with Crippen molar-refractivity contribution in [3.63, 3.8) is 0 Å². The van der Waals surface area contributed by atoms with Gasteiger partial charge < -0.3 is 9.47 Å². The van der Waals surface area contributed by atoms with E-state index in [1.165, 1.54) is 6.07 Å². The fraction of sp³-hybridized carbons (Fsp3) is 0.0417. The molecule has 0 saturated heterocycles. The van der Waals surface area contributed by atoms with E-state index >= 15 is 0 Å². The summed E-state index contributed by atoms with van der Waals surface area (Å²) in [6.07, 6.45) is 2.77. The molecule has 0 spiro atoms. The van der Waals surface area contributed by atoms with Crippen LogP contribution in [-0.4, -0.2) is 12.6 Å². The van der Waals surface area contributed by atoms with Crippen LogP contribution in [0.1, 0.15) is 0 Å².